The van der Waals surface area contributed by atoms with E-state index in [1.165, 1.54) is 19.4 Å². The predicted molar refractivity (Wildman–Crippen MR) is 88.2 cm³/mol. The molecule has 1 atom stereocenters. The van der Waals surface area contributed by atoms with Gasteiger partial charge in [-0.1, -0.05) is 13.3 Å². The molecule has 2 aliphatic rings. The molecule has 3 heterocycles. The molecule has 0 aromatic carbocycles. The van der Waals surface area contributed by atoms with Gasteiger partial charge in [-0.15, -0.1) is 0 Å². The third kappa shape index (κ3) is 3.67. The van der Waals surface area contributed by atoms with Gasteiger partial charge in [0.25, 0.3) is 0 Å². The highest BCUT2D eigenvalue weighted by Crippen LogP contribution is 2.27. The maximum Gasteiger partial charge on any atom is 0.222 e. The molecule has 0 unspecified atom stereocenters. The number of anilines is 2. The topological polar surface area (TPSA) is 67.5 Å². The molecule has 2 saturated heterocycles. The van der Waals surface area contributed by atoms with E-state index in [1.807, 2.05) is 0 Å². The van der Waals surface area contributed by atoms with Gasteiger partial charge in [0.05, 0.1) is 12.3 Å². The monoisotopic (exact) mass is 305 g/mol. The van der Waals surface area contributed by atoms with Gasteiger partial charge >= 0.3 is 0 Å². The van der Waals surface area contributed by atoms with E-state index in [2.05, 4.69) is 32.8 Å². The van der Waals surface area contributed by atoms with Crippen LogP contribution in [0.4, 0.5) is 11.8 Å². The van der Waals surface area contributed by atoms with Crippen LogP contribution in [0.2, 0.25) is 0 Å². The number of hydrogen-bond donors (Lipinski definition) is 1. The Bertz CT molecular complexity index is 481. The largest absolute Gasteiger partial charge is 0.381 e. The second kappa shape index (κ2) is 7.24. The van der Waals surface area contributed by atoms with Crippen molar-refractivity contribution >= 4 is 11.8 Å². The molecular weight excluding hydrogens is 278 g/mol. The zero-order valence-electron chi connectivity index (χ0n) is 13.5. The lowest BCUT2D eigenvalue weighted by atomic mass is 10.0. The highest BCUT2D eigenvalue weighted by molar-refractivity contribution is 5.45. The van der Waals surface area contributed by atoms with E-state index in [1.54, 1.807) is 0 Å². The van der Waals surface area contributed by atoms with Gasteiger partial charge in [0.1, 0.15) is 5.82 Å². The second-order valence-corrected chi connectivity index (χ2v) is 6.25. The summed E-state index contributed by atoms with van der Waals surface area (Å²) in [5.41, 5.74) is 6.96. The van der Waals surface area contributed by atoms with Gasteiger partial charge in [-0.25, -0.2) is 4.98 Å². The lowest BCUT2D eigenvalue weighted by molar-refractivity contribution is 0.193. The average molecular weight is 305 g/mol. The SMILES string of the molecule is CCCCN1CCN(c2cc([C@H]3CCOC3)nc(N)n2)CC1. The van der Waals surface area contributed by atoms with Crippen LogP contribution in [0.25, 0.3) is 0 Å². The van der Waals surface area contributed by atoms with E-state index < -0.39 is 0 Å². The molecule has 2 N–H and O–H groups in total. The lowest BCUT2D eigenvalue weighted by Crippen LogP contribution is -2.47. The fraction of sp³-hybridized carbons (Fsp3) is 0.750. The van der Waals surface area contributed by atoms with E-state index in [0.29, 0.717) is 11.9 Å². The number of aromatic nitrogens is 2. The molecule has 6 nitrogen and oxygen atoms in total. The predicted octanol–water partition coefficient (Wildman–Crippen LogP) is 1.48. The highest BCUT2D eigenvalue weighted by Gasteiger charge is 2.23. The molecule has 0 aliphatic carbocycles. The van der Waals surface area contributed by atoms with Gasteiger partial charge in [-0.3, -0.25) is 4.90 Å². The molecule has 22 heavy (non-hydrogen) atoms. The summed E-state index contributed by atoms with van der Waals surface area (Å²) in [7, 11) is 0. The zero-order chi connectivity index (χ0) is 15.4. The number of unbranched alkanes of at least 4 members (excludes halogenated alkanes) is 1. The summed E-state index contributed by atoms with van der Waals surface area (Å²) >= 11 is 0. The van der Waals surface area contributed by atoms with E-state index in [-0.39, 0.29) is 0 Å². The maximum atomic E-state index is 5.93. The smallest absolute Gasteiger partial charge is 0.222 e. The first-order valence-electron chi connectivity index (χ1n) is 8.45. The number of nitrogens with two attached hydrogens (primary N) is 1. The normalized spacial score (nSPS) is 23.1. The number of ether oxygens (including phenoxy) is 1. The van der Waals surface area contributed by atoms with Gasteiger partial charge in [0, 0.05) is 44.8 Å². The van der Waals surface area contributed by atoms with Crippen LogP contribution in [0.15, 0.2) is 6.07 Å². The van der Waals surface area contributed by atoms with Crippen molar-refractivity contribution in [3.05, 3.63) is 11.8 Å². The molecule has 0 radical (unpaired) electrons. The summed E-state index contributed by atoms with van der Waals surface area (Å²) < 4.78 is 5.47. The molecule has 1 aromatic heterocycles. The second-order valence-electron chi connectivity index (χ2n) is 6.25. The Balaban J connectivity index is 1.65. The van der Waals surface area contributed by atoms with Gasteiger partial charge in [0.15, 0.2) is 0 Å². The summed E-state index contributed by atoms with van der Waals surface area (Å²) in [6, 6.07) is 2.11. The molecule has 6 heteroatoms. The molecule has 1 aromatic rings. The van der Waals surface area contributed by atoms with Crippen LogP contribution >= 0.6 is 0 Å². The molecule has 0 amide bonds. The minimum absolute atomic E-state index is 0.370. The Hall–Kier alpha value is -1.40. The molecule has 0 spiro atoms. The van der Waals surface area contributed by atoms with Crippen molar-refractivity contribution in [2.24, 2.45) is 0 Å². The van der Waals surface area contributed by atoms with Crippen LogP contribution in [0.5, 0.6) is 0 Å². The van der Waals surface area contributed by atoms with Crippen molar-refractivity contribution in [2.45, 2.75) is 32.1 Å². The summed E-state index contributed by atoms with van der Waals surface area (Å²) in [4.78, 5) is 13.7. The first kappa shape index (κ1) is 15.5. The number of nitrogen functional groups attached to an aromatic ring is 1. The van der Waals surface area contributed by atoms with Gasteiger partial charge in [-0.05, 0) is 19.4 Å². The Kier molecular flexibility index (Phi) is 5.10. The minimum Gasteiger partial charge on any atom is -0.381 e. The fourth-order valence-corrected chi connectivity index (χ4v) is 3.19. The van der Waals surface area contributed by atoms with E-state index in [4.69, 9.17) is 10.5 Å². The molecule has 3 rings (SSSR count). The summed E-state index contributed by atoms with van der Waals surface area (Å²) in [5, 5.41) is 0. The van der Waals surface area contributed by atoms with Crippen LogP contribution in [0.1, 0.15) is 37.8 Å². The van der Waals surface area contributed by atoms with Crippen molar-refractivity contribution < 1.29 is 4.74 Å². The molecular formula is C16H27N5O. The summed E-state index contributed by atoms with van der Waals surface area (Å²) in [6.07, 6.45) is 3.57. The lowest BCUT2D eigenvalue weighted by Gasteiger charge is -2.35. The number of rotatable bonds is 5. The van der Waals surface area contributed by atoms with E-state index >= 15 is 0 Å². The van der Waals surface area contributed by atoms with Crippen molar-refractivity contribution in [2.75, 3.05) is 56.6 Å². The molecule has 2 aliphatic heterocycles. The van der Waals surface area contributed by atoms with Gasteiger partial charge in [0.2, 0.25) is 5.95 Å². The Morgan fingerprint density at radius 2 is 2.09 bits per heavy atom. The Morgan fingerprint density at radius 1 is 1.27 bits per heavy atom. The number of nitrogens with zero attached hydrogens (tertiary/aromatic N) is 4. The average Bonchev–Trinajstić information content (AvgIpc) is 3.07. The van der Waals surface area contributed by atoms with Gasteiger partial charge in [-0.2, -0.15) is 4.98 Å². The van der Waals surface area contributed by atoms with Crippen molar-refractivity contribution in [1.29, 1.82) is 0 Å². The quantitative estimate of drug-likeness (QED) is 0.889. The maximum absolute atomic E-state index is 5.93. The summed E-state index contributed by atoms with van der Waals surface area (Å²) in [6.45, 7) is 9.26. The van der Waals surface area contributed by atoms with E-state index in [0.717, 1.165) is 57.3 Å². The number of hydrogen-bond acceptors (Lipinski definition) is 6. The summed E-state index contributed by atoms with van der Waals surface area (Å²) in [5.74, 6) is 1.73. The standard InChI is InChI=1S/C16H27N5O/c1-2-3-5-20-6-8-21(9-7-20)15-11-14(18-16(17)19-15)13-4-10-22-12-13/h11,13H,2-10,12H2,1H3,(H2,17,18,19)/t13-/m0/s1. The van der Waals surface area contributed by atoms with Crippen molar-refractivity contribution in [1.82, 2.24) is 14.9 Å². The van der Waals surface area contributed by atoms with Crippen molar-refractivity contribution in [3.63, 3.8) is 0 Å². The van der Waals surface area contributed by atoms with Crippen LogP contribution in [-0.4, -0.2) is 60.8 Å². The van der Waals surface area contributed by atoms with E-state index in [9.17, 15) is 0 Å². The zero-order valence-corrected chi connectivity index (χ0v) is 13.5. The van der Waals surface area contributed by atoms with Crippen molar-refractivity contribution in [3.8, 4) is 0 Å². The fourth-order valence-electron chi connectivity index (χ4n) is 3.19. The molecule has 2 fully saturated rings. The highest BCUT2D eigenvalue weighted by atomic mass is 16.5. The number of piperazine rings is 1. The third-order valence-electron chi connectivity index (χ3n) is 4.62. The minimum atomic E-state index is 0.370. The first-order valence-corrected chi connectivity index (χ1v) is 8.45. The molecule has 122 valence electrons. The molecule has 0 saturated carbocycles. The third-order valence-corrected chi connectivity index (χ3v) is 4.62. The Labute approximate surface area is 132 Å². The van der Waals surface area contributed by atoms with Crippen LogP contribution in [-0.2, 0) is 4.74 Å². The van der Waals surface area contributed by atoms with Crippen LogP contribution < -0.4 is 10.6 Å². The molecule has 0 bridgehead atoms. The van der Waals surface area contributed by atoms with Gasteiger partial charge < -0.3 is 15.4 Å². The Morgan fingerprint density at radius 3 is 2.77 bits per heavy atom. The first-order chi connectivity index (χ1) is 10.8. The van der Waals surface area contributed by atoms with Crippen LogP contribution in [0, 0.1) is 0 Å². The van der Waals surface area contributed by atoms with Crippen LogP contribution in [0.3, 0.4) is 0 Å².